The molecule has 0 atom stereocenters. The Kier molecular flexibility index (Phi) is 2.94. The van der Waals surface area contributed by atoms with Gasteiger partial charge in [-0.3, -0.25) is 4.79 Å². The molecule has 1 saturated carbocycles. The molecule has 2 aromatic rings. The normalized spacial score (nSPS) is 17.2. The van der Waals surface area contributed by atoms with E-state index in [4.69, 9.17) is 0 Å². The van der Waals surface area contributed by atoms with Crippen LogP contribution >= 0.6 is 0 Å². The summed E-state index contributed by atoms with van der Waals surface area (Å²) in [5.74, 6) is 0. The van der Waals surface area contributed by atoms with Crippen molar-refractivity contribution >= 4 is 10.8 Å². The molecule has 1 heterocycles. The minimum atomic E-state index is 0.183. The number of hydrogen-bond donors (Lipinski definition) is 0. The van der Waals surface area contributed by atoms with Crippen LogP contribution in [0.5, 0.6) is 0 Å². The first-order valence-electron chi connectivity index (χ1n) is 6.88. The van der Waals surface area contributed by atoms with Crippen molar-refractivity contribution in [3.05, 3.63) is 46.4 Å². The summed E-state index contributed by atoms with van der Waals surface area (Å²) >= 11 is 0. The van der Waals surface area contributed by atoms with E-state index in [1.807, 2.05) is 28.8 Å². The largest absolute Gasteiger partial charge is 0.312 e. The van der Waals surface area contributed by atoms with E-state index in [-0.39, 0.29) is 5.56 Å². The number of nitrogens with zero attached hydrogens (tertiary/aromatic N) is 1. The third kappa shape index (κ3) is 1.86. The Morgan fingerprint density at radius 1 is 1.06 bits per heavy atom. The summed E-state index contributed by atoms with van der Waals surface area (Å²) in [5.41, 5.74) is 1.39. The summed E-state index contributed by atoms with van der Waals surface area (Å²) in [5, 5.41) is 1.96. The van der Waals surface area contributed by atoms with Gasteiger partial charge in [-0.2, -0.15) is 0 Å². The number of benzene rings is 1. The third-order valence-electron chi connectivity index (χ3n) is 4.12. The predicted octanol–water partition coefficient (Wildman–Crippen LogP) is 3.82. The fourth-order valence-electron chi connectivity index (χ4n) is 3.12. The molecule has 0 spiro atoms. The van der Waals surface area contributed by atoms with Gasteiger partial charge >= 0.3 is 0 Å². The van der Waals surface area contributed by atoms with E-state index in [1.165, 1.54) is 24.8 Å². The number of hydrogen-bond acceptors (Lipinski definition) is 1. The number of aromatic nitrogens is 1. The smallest absolute Gasteiger partial charge is 0.258 e. The maximum Gasteiger partial charge on any atom is 0.258 e. The molecule has 0 amide bonds. The van der Waals surface area contributed by atoms with Crippen molar-refractivity contribution in [2.45, 2.75) is 45.1 Å². The lowest BCUT2D eigenvalue weighted by molar-refractivity contribution is 0.347. The van der Waals surface area contributed by atoms with Crippen LogP contribution in [0.1, 0.15) is 43.7 Å². The summed E-state index contributed by atoms with van der Waals surface area (Å²) < 4.78 is 1.98. The van der Waals surface area contributed by atoms with Crippen LogP contribution in [0.4, 0.5) is 0 Å². The van der Waals surface area contributed by atoms with Crippen molar-refractivity contribution in [2.24, 2.45) is 0 Å². The molecule has 1 fully saturated rings. The highest BCUT2D eigenvalue weighted by Crippen LogP contribution is 2.28. The highest BCUT2D eigenvalue weighted by Gasteiger charge is 2.17. The lowest BCUT2D eigenvalue weighted by Gasteiger charge is -2.24. The van der Waals surface area contributed by atoms with Crippen LogP contribution in [-0.4, -0.2) is 4.57 Å². The minimum Gasteiger partial charge on any atom is -0.312 e. The van der Waals surface area contributed by atoms with Crippen molar-refractivity contribution in [2.75, 3.05) is 0 Å². The molecule has 1 aliphatic carbocycles. The first kappa shape index (κ1) is 11.5. The van der Waals surface area contributed by atoms with Crippen LogP contribution in [0.3, 0.4) is 0 Å². The van der Waals surface area contributed by atoms with Gasteiger partial charge < -0.3 is 4.57 Å². The molecule has 1 aliphatic rings. The SMILES string of the molecule is Cc1cn(C2CCCCC2)c(=O)c2ccccc12. The van der Waals surface area contributed by atoms with Crippen LogP contribution in [0.2, 0.25) is 0 Å². The van der Waals surface area contributed by atoms with Gasteiger partial charge in [0.15, 0.2) is 0 Å². The third-order valence-corrected chi connectivity index (χ3v) is 4.12. The zero-order valence-corrected chi connectivity index (χ0v) is 10.9. The van der Waals surface area contributed by atoms with E-state index in [1.54, 1.807) is 0 Å². The summed E-state index contributed by atoms with van der Waals surface area (Å²) in [6.45, 7) is 2.10. The molecule has 3 rings (SSSR count). The lowest BCUT2D eigenvalue weighted by Crippen LogP contribution is -2.26. The first-order valence-corrected chi connectivity index (χ1v) is 6.88. The van der Waals surface area contributed by atoms with Crippen LogP contribution < -0.4 is 5.56 Å². The zero-order chi connectivity index (χ0) is 12.5. The van der Waals surface area contributed by atoms with E-state index in [0.717, 1.165) is 23.6 Å². The van der Waals surface area contributed by atoms with Crippen molar-refractivity contribution in [3.63, 3.8) is 0 Å². The number of rotatable bonds is 1. The van der Waals surface area contributed by atoms with Crippen molar-refractivity contribution in [3.8, 4) is 0 Å². The summed E-state index contributed by atoms with van der Waals surface area (Å²) in [4.78, 5) is 12.5. The van der Waals surface area contributed by atoms with Crippen LogP contribution in [-0.2, 0) is 0 Å². The van der Waals surface area contributed by atoms with E-state index >= 15 is 0 Å². The van der Waals surface area contributed by atoms with Crippen LogP contribution in [0, 0.1) is 6.92 Å². The second-order valence-corrected chi connectivity index (χ2v) is 5.36. The number of pyridine rings is 1. The molecule has 0 aliphatic heterocycles. The van der Waals surface area contributed by atoms with Gasteiger partial charge in [0.1, 0.15) is 0 Å². The molecule has 0 bridgehead atoms. The maximum atomic E-state index is 12.5. The summed E-state index contributed by atoms with van der Waals surface area (Å²) in [6, 6.07) is 8.35. The summed E-state index contributed by atoms with van der Waals surface area (Å²) in [6.07, 6.45) is 8.18. The zero-order valence-electron chi connectivity index (χ0n) is 10.9. The fraction of sp³-hybridized carbons (Fsp3) is 0.438. The highest BCUT2D eigenvalue weighted by atomic mass is 16.1. The molecular weight excluding hydrogens is 222 g/mol. The standard InChI is InChI=1S/C16H19NO/c1-12-11-17(13-7-3-2-4-8-13)16(18)15-10-6-5-9-14(12)15/h5-6,9-11,13H,2-4,7-8H2,1H3. The Balaban J connectivity index is 2.18. The number of fused-ring (bicyclic) bond motifs is 1. The molecule has 94 valence electrons. The van der Waals surface area contributed by atoms with Crippen molar-refractivity contribution < 1.29 is 0 Å². The quantitative estimate of drug-likeness (QED) is 0.744. The maximum absolute atomic E-state index is 12.5. The van der Waals surface area contributed by atoms with Gasteiger partial charge in [0.25, 0.3) is 5.56 Å². The Bertz CT molecular complexity index is 621. The molecule has 18 heavy (non-hydrogen) atoms. The van der Waals surface area contributed by atoms with Gasteiger partial charge in [0.05, 0.1) is 0 Å². The predicted molar refractivity (Wildman–Crippen MR) is 75.1 cm³/mol. The second-order valence-electron chi connectivity index (χ2n) is 5.36. The van der Waals surface area contributed by atoms with E-state index in [2.05, 4.69) is 13.1 Å². The van der Waals surface area contributed by atoms with Gasteiger partial charge in [-0.05, 0) is 36.8 Å². The lowest BCUT2D eigenvalue weighted by atomic mass is 9.94. The second kappa shape index (κ2) is 4.60. The average molecular weight is 241 g/mol. The molecule has 0 N–H and O–H groups in total. The Morgan fingerprint density at radius 3 is 2.44 bits per heavy atom. The molecular formula is C16H19NO. The molecule has 2 heteroatoms. The Hall–Kier alpha value is -1.57. The molecule has 2 nitrogen and oxygen atoms in total. The van der Waals surface area contributed by atoms with Gasteiger partial charge in [0.2, 0.25) is 0 Å². The Labute approximate surface area is 107 Å². The number of aryl methyl sites for hydroxylation is 1. The first-order chi connectivity index (χ1) is 8.77. The van der Waals surface area contributed by atoms with Crippen LogP contribution in [0.25, 0.3) is 10.8 Å². The van der Waals surface area contributed by atoms with Gasteiger partial charge in [-0.1, -0.05) is 37.5 Å². The average Bonchev–Trinajstić information content (AvgIpc) is 2.44. The minimum absolute atomic E-state index is 0.183. The van der Waals surface area contributed by atoms with Gasteiger partial charge in [-0.15, -0.1) is 0 Å². The van der Waals surface area contributed by atoms with E-state index < -0.39 is 0 Å². The van der Waals surface area contributed by atoms with Gasteiger partial charge in [-0.25, -0.2) is 0 Å². The topological polar surface area (TPSA) is 22.0 Å². The molecule has 1 aromatic heterocycles. The Morgan fingerprint density at radius 2 is 1.72 bits per heavy atom. The molecule has 1 aromatic carbocycles. The highest BCUT2D eigenvalue weighted by molar-refractivity contribution is 5.84. The van der Waals surface area contributed by atoms with Crippen molar-refractivity contribution in [1.29, 1.82) is 0 Å². The molecule has 0 saturated heterocycles. The van der Waals surface area contributed by atoms with Crippen LogP contribution in [0.15, 0.2) is 35.3 Å². The van der Waals surface area contributed by atoms with E-state index in [9.17, 15) is 4.79 Å². The van der Waals surface area contributed by atoms with Crippen molar-refractivity contribution in [1.82, 2.24) is 4.57 Å². The molecule has 0 radical (unpaired) electrons. The molecule has 0 unspecified atom stereocenters. The van der Waals surface area contributed by atoms with Gasteiger partial charge in [0, 0.05) is 17.6 Å². The fourth-order valence-corrected chi connectivity index (χ4v) is 3.12. The van der Waals surface area contributed by atoms with E-state index in [0.29, 0.717) is 6.04 Å². The summed E-state index contributed by atoms with van der Waals surface area (Å²) in [7, 11) is 0. The monoisotopic (exact) mass is 241 g/mol.